The van der Waals surface area contributed by atoms with Gasteiger partial charge in [-0.25, -0.2) is 0 Å². The number of carbonyl (C=O) groups is 1. The molecule has 6 heteroatoms. The predicted octanol–water partition coefficient (Wildman–Crippen LogP) is 3.34. The van der Waals surface area contributed by atoms with E-state index in [0.717, 1.165) is 28.8 Å². The Labute approximate surface area is 144 Å². The minimum Gasteiger partial charge on any atom is -0.306 e. The second kappa shape index (κ2) is 5.76. The molecule has 1 amide bonds. The van der Waals surface area contributed by atoms with Crippen molar-refractivity contribution in [3.63, 3.8) is 0 Å². The molecule has 0 atom stereocenters. The van der Waals surface area contributed by atoms with E-state index in [4.69, 9.17) is 11.6 Å². The Morgan fingerprint density at radius 3 is 2.79 bits per heavy atom. The smallest absolute Gasteiger partial charge is 0.258 e. The van der Waals surface area contributed by atoms with Crippen LogP contribution in [0.25, 0.3) is 11.1 Å². The van der Waals surface area contributed by atoms with Gasteiger partial charge in [-0.3, -0.25) is 14.5 Å². The van der Waals surface area contributed by atoms with Gasteiger partial charge < -0.3 is 4.90 Å². The van der Waals surface area contributed by atoms with Gasteiger partial charge in [-0.2, -0.15) is 5.10 Å². The molecule has 120 valence electrons. The lowest BCUT2D eigenvalue weighted by atomic mass is 9.98. The number of nitrogens with zero attached hydrogens (tertiary/aromatic N) is 4. The van der Waals surface area contributed by atoms with E-state index in [-0.39, 0.29) is 5.91 Å². The molecule has 1 aromatic carbocycles. The number of fused-ring (bicyclic) bond motifs is 1. The number of halogens is 1. The Bertz CT molecular complexity index is 934. The molecule has 0 saturated carbocycles. The second-order valence-corrected chi connectivity index (χ2v) is 6.28. The van der Waals surface area contributed by atoms with Gasteiger partial charge in [0.1, 0.15) is 0 Å². The van der Waals surface area contributed by atoms with Crippen molar-refractivity contribution in [1.29, 1.82) is 0 Å². The van der Waals surface area contributed by atoms with E-state index in [9.17, 15) is 4.79 Å². The molecule has 0 bridgehead atoms. The predicted molar refractivity (Wildman–Crippen MR) is 93.3 cm³/mol. The molecular weight excluding hydrogens is 324 g/mol. The third kappa shape index (κ3) is 2.57. The number of hydrogen-bond donors (Lipinski definition) is 0. The van der Waals surface area contributed by atoms with Crippen LogP contribution >= 0.6 is 11.6 Å². The first-order chi connectivity index (χ1) is 11.6. The summed E-state index contributed by atoms with van der Waals surface area (Å²) in [4.78, 5) is 18.9. The Balaban J connectivity index is 1.70. The van der Waals surface area contributed by atoms with Crippen molar-refractivity contribution in [2.75, 3.05) is 11.4 Å². The molecule has 2 aromatic heterocycles. The summed E-state index contributed by atoms with van der Waals surface area (Å²) >= 11 is 6.03. The van der Waals surface area contributed by atoms with Crippen molar-refractivity contribution < 1.29 is 4.79 Å². The quantitative estimate of drug-likeness (QED) is 0.720. The summed E-state index contributed by atoms with van der Waals surface area (Å²) in [5, 5.41) is 4.85. The largest absolute Gasteiger partial charge is 0.306 e. The standard InChI is InChI=1S/C18H15ClN4O/c1-22-11-14(9-21-22)13-7-16(10-20-8-13)23-5-4-12-6-15(19)2-3-17(12)18(23)24/h2-3,6-11H,4-5H2,1H3. The number of benzene rings is 1. The van der Waals surface area contributed by atoms with Crippen LogP contribution in [-0.2, 0) is 13.5 Å². The van der Waals surface area contributed by atoms with Crippen LogP contribution in [0.3, 0.4) is 0 Å². The number of hydrogen-bond acceptors (Lipinski definition) is 3. The molecule has 0 spiro atoms. The van der Waals surface area contributed by atoms with E-state index < -0.39 is 0 Å². The van der Waals surface area contributed by atoms with Gasteiger partial charge in [0, 0.05) is 47.7 Å². The zero-order chi connectivity index (χ0) is 16.7. The minimum atomic E-state index is -0.0157. The fourth-order valence-electron chi connectivity index (χ4n) is 3.01. The van der Waals surface area contributed by atoms with Crippen molar-refractivity contribution >= 4 is 23.2 Å². The summed E-state index contributed by atoms with van der Waals surface area (Å²) in [6.45, 7) is 0.615. The summed E-state index contributed by atoms with van der Waals surface area (Å²) < 4.78 is 1.74. The molecule has 4 rings (SSSR count). The Morgan fingerprint density at radius 1 is 1.12 bits per heavy atom. The fourth-order valence-corrected chi connectivity index (χ4v) is 3.20. The van der Waals surface area contributed by atoms with Gasteiger partial charge in [-0.15, -0.1) is 0 Å². The highest BCUT2D eigenvalue weighted by Crippen LogP contribution is 2.28. The molecule has 0 aliphatic carbocycles. The van der Waals surface area contributed by atoms with Crippen molar-refractivity contribution in [3.05, 3.63) is 65.2 Å². The van der Waals surface area contributed by atoms with Gasteiger partial charge in [-0.05, 0) is 36.2 Å². The van der Waals surface area contributed by atoms with Crippen molar-refractivity contribution in [2.24, 2.45) is 7.05 Å². The molecular formula is C18H15ClN4O. The van der Waals surface area contributed by atoms with Crippen LogP contribution in [0.4, 0.5) is 5.69 Å². The average Bonchev–Trinajstić information content (AvgIpc) is 3.02. The number of pyridine rings is 1. The minimum absolute atomic E-state index is 0.0157. The molecule has 3 heterocycles. The van der Waals surface area contributed by atoms with Crippen molar-refractivity contribution in [3.8, 4) is 11.1 Å². The van der Waals surface area contributed by atoms with Crippen molar-refractivity contribution in [1.82, 2.24) is 14.8 Å². The van der Waals surface area contributed by atoms with Crippen LogP contribution in [0.1, 0.15) is 15.9 Å². The van der Waals surface area contributed by atoms with Gasteiger partial charge >= 0.3 is 0 Å². The SMILES string of the molecule is Cn1cc(-c2cncc(N3CCc4cc(Cl)ccc4C3=O)c2)cn1. The molecule has 0 fully saturated rings. The lowest BCUT2D eigenvalue weighted by molar-refractivity contribution is 0.0980. The van der Waals surface area contributed by atoms with Gasteiger partial charge in [0.05, 0.1) is 18.1 Å². The topological polar surface area (TPSA) is 51.0 Å². The fraction of sp³-hybridized carbons (Fsp3) is 0.167. The molecule has 1 aliphatic heterocycles. The summed E-state index contributed by atoms with van der Waals surface area (Å²) in [7, 11) is 1.87. The van der Waals surface area contributed by atoms with E-state index >= 15 is 0 Å². The first-order valence-electron chi connectivity index (χ1n) is 7.66. The monoisotopic (exact) mass is 338 g/mol. The van der Waals surface area contributed by atoms with E-state index in [0.29, 0.717) is 17.1 Å². The van der Waals surface area contributed by atoms with E-state index in [1.807, 2.05) is 25.4 Å². The highest BCUT2D eigenvalue weighted by Gasteiger charge is 2.26. The number of aryl methyl sites for hydroxylation is 1. The number of amides is 1. The normalized spacial score (nSPS) is 13.9. The van der Waals surface area contributed by atoms with E-state index in [2.05, 4.69) is 10.1 Å². The Morgan fingerprint density at radius 2 is 2.00 bits per heavy atom. The van der Waals surface area contributed by atoms with Crippen LogP contribution in [0.5, 0.6) is 0 Å². The maximum Gasteiger partial charge on any atom is 0.258 e. The Hall–Kier alpha value is -2.66. The van der Waals surface area contributed by atoms with Crippen LogP contribution in [0.2, 0.25) is 5.02 Å². The zero-order valence-electron chi connectivity index (χ0n) is 13.1. The van der Waals surface area contributed by atoms with E-state index in [1.165, 1.54) is 0 Å². The van der Waals surface area contributed by atoms with Crippen molar-refractivity contribution in [2.45, 2.75) is 6.42 Å². The molecule has 1 aliphatic rings. The maximum atomic E-state index is 12.8. The molecule has 0 N–H and O–H groups in total. The van der Waals surface area contributed by atoms with E-state index in [1.54, 1.807) is 40.3 Å². The Kier molecular flexibility index (Phi) is 3.58. The highest BCUT2D eigenvalue weighted by atomic mass is 35.5. The molecule has 5 nitrogen and oxygen atoms in total. The molecule has 0 saturated heterocycles. The summed E-state index contributed by atoms with van der Waals surface area (Å²) in [5.41, 5.74) is 4.42. The van der Waals surface area contributed by atoms with Crippen LogP contribution < -0.4 is 4.90 Å². The van der Waals surface area contributed by atoms with Crippen LogP contribution in [-0.4, -0.2) is 27.2 Å². The number of aromatic nitrogens is 3. The lowest BCUT2D eigenvalue weighted by Crippen LogP contribution is -2.37. The summed E-state index contributed by atoms with van der Waals surface area (Å²) in [6, 6.07) is 7.40. The third-order valence-electron chi connectivity index (χ3n) is 4.22. The maximum absolute atomic E-state index is 12.8. The number of carbonyl (C=O) groups excluding carboxylic acids is 1. The first-order valence-corrected chi connectivity index (χ1v) is 8.04. The zero-order valence-corrected chi connectivity index (χ0v) is 13.9. The number of rotatable bonds is 2. The second-order valence-electron chi connectivity index (χ2n) is 5.84. The molecule has 24 heavy (non-hydrogen) atoms. The van der Waals surface area contributed by atoms with Gasteiger partial charge in [0.15, 0.2) is 0 Å². The summed E-state index contributed by atoms with van der Waals surface area (Å²) in [5.74, 6) is -0.0157. The van der Waals surface area contributed by atoms with Crippen LogP contribution in [0, 0.1) is 0 Å². The molecule has 3 aromatic rings. The lowest BCUT2D eigenvalue weighted by Gasteiger charge is -2.28. The number of anilines is 1. The summed E-state index contributed by atoms with van der Waals surface area (Å²) in [6.07, 6.45) is 7.99. The van der Waals surface area contributed by atoms with Gasteiger partial charge in [0.25, 0.3) is 5.91 Å². The third-order valence-corrected chi connectivity index (χ3v) is 4.46. The highest BCUT2D eigenvalue weighted by molar-refractivity contribution is 6.30. The molecule has 0 unspecified atom stereocenters. The van der Waals surface area contributed by atoms with Crippen LogP contribution in [0.15, 0.2) is 49.1 Å². The first kappa shape index (κ1) is 14.9. The molecule has 0 radical (unpaired) electrons. The van der Waals surface area contributed by atoms with Gasteiger partial charge in [0.2, 0.25) is 0 Å². The average molecular weight is 339 g/mol. The van der Waals surface area contributed by atoms with Gasteiger partial charge in [-0.1, -0.05) is 11.6 Å².